The number of benzene rings is 1. The lowest BCUT2D eigenvalue weighted by atomic mass is 10.0. The maximum atomic E-state index is 5.99. The highest BCUT2D eigenvalue weighted by Crippen LogP contribution is 2.26. The first-order valence-corrected chi connectivity index (χ1v) is 8.03. The normalized spacial score (nSPS) is 12.4. The van der Waals surface area contributed by atoms with Crippen LogP contribution in [0, 0.1) is 0 Å². The number of ether oxygens (including phenoxy) is 1. The van der Waals surface area contributed by atoms with Crippen molar-refractivity contribution < 1.29 is 4.74 Å². The Balaban J connectivity index is 1.90. The van der Waals surface area contributed by atoms with Gasteiger partial charge in [-0.25, -0.2) is 0 Å². The second kappa shape index (κ2) is 7.61. The number of aromatic nitrogens is 2. The van der Waals surface area contributed by atoms with E-state index in [1.54, 1.807) is 6.20 Å². The molecule has 21 heavy (non-hydrogen) atoms. The zero-order chi connectivity index (χ0) is 15.2. The van der Waals surface area contributed by atoms with E-state index in [2.05, 4.69) is 40.1 Å². The SMILES string of the molecule is CCC(N)Cc1ccc(OCCc2ccnn2C)c(Br)c1. The highest BCUT2D eigenvalue weighted by atomic mass is 79.9. The van der Waals surface area contributed by atoms with Gasteiger partial charge in [-0.2, -0.15) is 5.10 Å². The van der Waals surface area contributed by atoms with Crippen molar-refractivity contribution in [2.45, 2.75) is 32.2 Å². The van der Waals surface area contributed by atoms with Crippen LogP contribution in [0.3, 0.4) is 0 Å². The van der Waals surface area contributed by atoms with E-state index in [1.807, 2.05) is 23.9 Å². The second-order valence-corrected chi connectivity index (χ2v) is 6.04. The molecule has 0 amide bonds. The Kier molecular flexibility index (Phi) is 5.82. The van der Waals surface area contributed by atoms with Gasteiger partial charge in [0, 0.05) is 31.4 Å². The summed E-state index contributed by atoms with van der Waals surface area (Å²) >= 11 is 3.57. The number of hydrogen-bond acceptors (Lipinski definition) is 3. The molecule has 2 N–H and O–H groups in total. The Morgan fingerprint density at radius 2 is 2.19 bits per heavy atom. The number of rotatable bonds is 7. The molecule has 0 aliphatic rings. The summed E-state index contributed by atoms with van der Waals surface area (Å²) < 4.78 is 8.68. The van der Waals surface area contributed by atoms with Crippen LogP contribution in [-0.4, -0.2) is 22.4 Å². The summed E-state index contributed by atoms with van der Waals surface area (Å²) in [5, 5.41) is 4.15. The monoisotopic (exact) mass is 351 g/mol. The van der Waals surface area contributed by atoms with Gasteiger partial charge in [-0.3, -0.25) is 4.68 Å². The number of nitrogens with zero attached hydrogens (tertiary/aromatic N) is 2. The molecular weight excluding hydrogens is 330 g/mol. The first kappa shape index (κ1) is 16.0. The van der Waals surface area contributed by atoms with Gasteiger partial charge in [0.1, 0.15) is 5.75 Å². The molecular formula is C16H22BrN3O. The maximum absolute atomic E-state index is 5.99. The summed E-state index contributed by atoms with van der Waals surface area (Å²) in [7, 11) is 1.94. The van der Waals surface area contributed by atoms with E-state index in [0.717, 1.165) is 35.2 Å². The topological polar surface area (TPSA) is 53.1 Å². The summed E-state index contributed by atoms with van der Waals surface area (Å²) in [4.78, 5) is 0. The molecule has 1 heterocycles. The van der Waals surface area contributed by atoms with Crippen molar-refractivity contribution in [2.75, 3.05) is 6.61 Å². The Morgan fingerprint density at radius 3 is 2.81 bits per heavy atom. The molecule has 0 spiro atoms. The number of hydrogen-bond donors (Lipinski definition) is 1. The summed E-state index contributed by atoms with van der Waals surface area (Å²) in [5.41, 5.74) is 8.38. The van der Waals surface area contributed by atoms with Crippen LogP contribution in [0.25, 0.3) is 0 Å². The molecule has 4 nitrogen and oxygen atoms in total. The van der Waals surface area contributed by atoms with Crippen molar-refractivity contribution in [1.29, 1.82) is 0 Å². The van der Waals surface area contributed by atoms with E-state index in [1.165, 1.54) is 5.56 Å². The van der Waals surface area contributed by atoms with E-state index in [0.29, 0.717) is 6.61 Å². The van der Waals surface area contributed by atoms with E-state index in [-0.39, 0.29) is 6.04 Å². The quantitative estimate of drug-likeness (QED) is 0.833. The van der Waals surface area contributed by atoms with Gasteiger partial charge in [0.25, 0.3) is 0 Å². The Bertz CT molecular complexity index is 583. The third-order valence-corrected chi connectivity index (χ3v) is 4.18. The van der Waals surface area contributed by atoms with E-state index < -0.39 is 0 Å². The van der Waals surface area contributed by atoms with Gasteiger partial charge in [0.2, 0.25) is 0 Å². The fourth-order valence-corrected chi connectivity index (χ4v) is 2.69. The van der Waals surface area contributed by atoms with Crippen molar-refractivity contribution in [1.82, 2.24) is 9.78 Å². The minimum absolute atomic E-state index is 0.216. The maximum Gasteiger partial charge on any atom is 0.133 e. The van der Waals surface area contributed by atoms with Crippen LogP contribution in [0.5, 0.6) is 5.75 Å². The minimum atomic E-state index is 0.216. The molecule has 2 aromatic rings. The molecule has 0 aliphatic heterocycles. The smallest absolute Gasteiger partial charge is 0.133 e. The Hall–Kier alpha value is -1.33. The lowest BCUT2D eigenvalue weighted by Gasteiger charge is -2.12. The Labute approximate surface area is 134 Å². The van der Waals surface area contributed by atoms with Crippen LogP contribution in [0.4, 0.5) is 0 Å². The van der Waals surface area contributed by atoms with Gasteiger partial charge in [0.05, 0.1) is 11.1 Å². The van der Waals surface area contributed by atoms with Gasteiger partial charge in [-0.05, 0) is 52.5 Å². The molecule has 1 unspecified atom stereocenters. The molecule has 0 saturated carbocycles. The summed E-state index contributed by atoms with van der Waals surface area (Å²) in [5.74, 6) is 0.867. The van der Waals surface area contributed by atoms with Gasteiger partial charge in [-0.15, -0.1) is 0 Å². The highest BCUT2D eigenvalue weighted by Gasteiger charge is 2.06. The summed E-state index contributed by atoms with van der Waals surface area (Å²) in [6.07, 6.45) is 4.52. The molecule has 114 valence electrons. The lowest BCUT2D eigenvalue weighted by molar-refractivity contribution is 0.316. The summed E-state index contributed by atoms with van der Waals surface area (Å²) in [6.45, 7) is 2.74. The number of halogens is 1. The second-order valence-electron chi connectivity index (χ2n) is 5.18. The zero-order valence-electron chi connectivity index (χ0n) is 12.6. The van der Waals surface area contributed by atoms with Crippen LogP contribution in [-0.2, 0) is 19.9 Å². The molecule has 1 aromatic heterocycles. The standard InChI is InChI=1S/C16H22BrN3O/c1-3-13(18)10-12-4-5-16(15(17)11-12)21-9-7-14-6-8-19-20(14)2/h4-6,8,11,13H,3,7,9-10,18H2,1-2H3. The molecule has 1 atom stereocenters. The molecule has 0 bridgehead atoms. The fraction of sp³-hybridized carbons (Fsp3) is 0.438. The first-order chi connectivity index (χ1) is 10.1. The lowest BCUT2D eigenvalue weighted by Crippen LogP contribution is -2.21. The van der Waals surface area contributed by atoms with Crippen molar-refractivity contribution >= 4 is 15.9 Å². The van der Waals surface area contributed by atoms with Crippen LogP contribution < -0.4 is 10.5 Å². The summed E-state index contributed by atoms with van der Waals surface area (Å²) in [6, 6.07) is 8.40. The van der Waals surface area contributed by atoms with E-state index in [4.69, 9.17) is 10.5 Å². The number of nitrogens with two attached hydrogens (primary N) is 1. The van der Waals surface area contributed by atoms with Crippen molar-refractivity contribution in [3.8, 4) is 5.75 Å². The predicted octanol–water partition coefficient (Wildman–Crippen LogP) is 3.08. The van der Waals surface area contributed by atoms with Crippen LogP contribution in [0.15, 0.2) is 34.9 Å². The molecule has 0 saturated heterocycles. The van der Waals surface area contributed by atoms with Crippen LogP contribution in [0.1, 0.15) is 24.6 Å². The van der Waals surface area contributed by atoms with Crippen molar-refractivity contribution in [2.24, 2.45) is 12.8 Å². The molecule has 1 aromatic carbocycles. The molecule has 2 rings (SSSR count). The molecule has 0 radical (unpaired) electrons. The van der Waals surface area contributed by atoms with Crippen LogP contribution >= 0.6 is 15.9 Å². The van der Waals surface area contributed by atoms with Gasteiger partial charge >= 0.3 is 0 Å². The molecule has 0 fully saturated rings. The average molecular weight is 352 g/mol. The zero-order valence-corrected chi connectivity index (χ0v) is 14.1. The largest absolute Gasteiger partial charge is 0.492 e. The average Bonchev–Trinajstić information content (AvgIpc) is 2.86. The molecule has 5 heteroatoms. The first-order valence-electron chi connectivity index (χ1n) is 7.23. The minimum Gasteiger partial charge on any atom is -0.492 e. The third-order valence-electron chi connectivity index (χ3n) is 3.56. The third kappa shape index (κ3) is 4.58. The number of aryl methyl sites for hydroxylation is 1. The van der Waals surface area contributed by atoms with Gasteiger partial charge < -0.3 is 10.5 Å². The van der Waals surface area contributed by atoms with Crippen molar-refractivity contribution in [3.05, 3.63) is 46.2 Å². The Morgan fingerprint density at radius 1 is 1.38 bits per heavy atom. The van der Waals surface area contributed by atoms with E-state index in [9.17, 15) is 0 Å². The van der Waals surface area contributed by atoms with Gasteiger partial charge in [-0.1, -0.05) is 13.0 Å². The van der Waals surface area contributed by atoms with Crippen LogP contribution in [0.2, 0.25) is 0 Å². The fourth-order valence-electron chi connectivity index (χ4n) is 2.15. The molecule has 0 aliphatic carbocycles. The predicted molar refractivity (Wildman–Crippen MR) is 88.5 cm³/mol. The van der Waals surface area contributed by atoms with Crippen molar-refractivity contribution in [3.63, 3.8) is 0 Å². The highest BCUT2D eigenvalue weighted by molar-refractivity contribution is 9.10. The van der Waals surface area contributed by atoms with Gasteiger partial charge in [0.15, 0.2) is 0 Å². The van der Waals surface area contributed by atoms with E-state index >= 15 is 0 Å².